The third-order valence-electron chi connectivity index (χ3n) is 5.73. The molecule has 0 atom stereocenters. The van der Waals surface area contributed by atoms with Crippen LogP contribution in [0.25, 0.3) is 0 Å². The van der Waals surface area contributed by atoms with Crippen molar-refractivity contribution in [2.24, 2.45) is 0 Å². The average Bonchev–Trinajstić information content (AvgIpc) is 3.15. The van der Waals surface area contributed by atoms with Crippen molar-refractivity contribution in [1.29, 1.82) is 0 Å². The SMILES string of the molecule is COc1cccc(Cn2nc(C)c(NC(=O)c3cccc(COc4ccc([N+](=O)[O-])cc4)c3)c2C)c1. The molecule has 36 heavy (non-hydrogen) atoms. The molecule has 0 radical (unpaired) electrons. The Morgan fingerprint density at radius 3 is 2.44 bits per heavy atom. The highest BCUT2D eigenvalue weighted by atomic mass is 16.6. The Labute approximate surface area is 208 Å². The zero-order valence-electron chi connectivity index (χ0n) is 20.2. The standard InChI is InChI=1S/C27H26N4O5/c1-18-26(19(2)30(29-18)16-20-6-5-9-25(15-20)35-3)28-27(32)22-8-4-7-21(14-22)17-36-24-12-10-23(11-13-24)31(33)34/h4-15H,16-17H2,1-3H3,(H,28,32). The van der Waals surface area contributed by atoms with Gasteiger partial charge < -0.3 is 14.8 Å². The molecule has 3 aromatic carbocycles. The summed E-state index contributed by atoms with van der Waals surface area (Å²) in [5, 5.41) is 18.4. The van der Waals surface area contributed by atoms with E-state index in [1.54, 1.807) is 37.4 Å². The molecule has 0 spiro atoms. The zero-order chi connectivity index (χ0) is 25.7. The number of hydrogen-bond acceptors (Lipinski definition) is 6. The van der Waals surface area contributed by atoms with Crippen LogP contribution in [0.3, 0.4) is 0 Å². The van der Waals surface area contributed by atoms with E-state index in [2.05, 4.69) is 10.4 Å². The highest BCUT2D eigenvalue weighted by Gasteiger charge is 2.16. The van der Waals surface area contributed by atoms with Crippen LogP contribution in [0.4, 0.5) is 11.4 Å². The number of ether oxygens (including phenoxy) is 2. The second kappa shape index (κ2) is 10.7. The van der Waals surface area contributed by atoms with Gasteiger partial charge in [0.25, 0.3) is 11.6 Å². The lowest BCUT2D eigenvalue weighted by Crippen LogP contribution is -2.14. The lowest BCUT2D eigenvalue weighted by Gasteiger charge is -2.10. The molecular formula is C27H26N4O5. The van der Waals surface area contributed by atoms with Gasteiger partial charge in [0.1, 0.15) is 18.1 Å². The quantitative estimate of drug-likeness (QED) is 0.254. The highest BCUT2D eigenvalue weighted by Crippen LogP contribution is 2.23. The van der Waals surface area contributed by atoms with Crippen LogP contribution < -0.4 is 14.8 Å². The first-order valence-corrected chi connectivity index (χ1v) is 11.3. The topological polar surface area (TPSA) is 109 Å². The average molecular weight is 487 g/mol. The summed E-state index contributed by atoms with van der Waals surface area (Å²) >= 11 is 0. The number of non-ortho nitro benzene ring substituents is 1. The Kier molecular flexibility index (Phi) is 7.29. The highest BCUT2D eigenvalue weighted by molar-refractivity contribution is 6.05. The molecule has 1 heterocycles. The molecule has 4 aromatic rings. The first-order valence-electron chi connectivity index (χ1n) is 11.3. The third-order valence-corrected chi connectivity index (χ3v) is 5.73. The van der Waals surface area contributed by atoms with E-state index in [1.807, 2.05) is 48.9 Å². The largest absolute Gasteiger partial charge is 0.497 e. The molecule has 1 N–H and O–H groups in total. The number of carbonyl (C=O) groups is 1. The molecule has 0 fully saturated rings. The zero-order valence-corrected chi connectivity index (χ0v) is 20.2. The van der Waals surface area contributed by atoms with Crippen LogP contribution >= 0.6 is 0 Å². The predicted octanol–water partition coefficient (Wildman–Crippen LogP) is 5.30. The molecule has 9 heteroatoms. The molecule has 0 unspecified atom stereocenters. The van der Waals surface area contributed by atoms with Crippen LogP contribution in [0.15, 0.2) is 72.8 Å². The fourth-order valence-electron chi connectivity index (χ4n) is 3.79. The van der Waals surface area contributed by atoms with Gasteiger partial charge in [0.15, 0.2) is 0 Å². The summed E-state index contributed by atoms with van der Waals surface area (Å²) in [6.07, 6.45) is 0. The predicted molar refractivity (Wildman–Crippen MR) is 136 cm³/mol. The number of aryl methyl sites for hydroxylation is 1. The van der Waals surface area contributed by atoms with E-state index in [9.17, 15) is 14.9 Å². The first kappa shape index (κ1) is 24.5. The number of nitro benzene ring substituents is 1. The molecule has 0 saturated carbocycles. The van der Waals surface area contributed by atoms with E-state index in [4.69, 9.17) is 9.47 Å². The van der Waals surface area contributed by atoms with Gasteiger partial charge in [-0.3, -0.25) is 19.6 Å². The summed E-state index contributed by atoms with van der Waals surface area (Å²) in [4.78, 5) is 23.4. The molecular weight excluding hydrogens is 460 g/mol. The summed E-state index contributed by atoms with van der Waals surface area (Å²) in [5.41, 5.74) is 4.57. The normalized spacial score (nSPS) is 10.6. The van der Waals surface area contributed by atoms with Gasteiger partial charge in [-0.05, 0) is 61.4 Å². The monoisotopic (exact) mass is 486 g/mol. The number of nitro groups is 1. The van der Waals surface area contributed by atoms with E-state index in [-0.39, 0.29) is 18.2 Å². The van der Waals surface area contributed by atoms with Gasteiger partial charge in [-0.15, -0.1) is 0 Å². The van der Waals surface area contributed by atoms with Gasteiger partial charge in [0.2, 0.25) is 0 Å². The van der Waals surface area contributed by atoms with Crippen LogP contribution in [-0.2, 0) is 13.2 Å². The van der Waals surface area contributed by atoms with Gasteiger partial charge >= 0.3 is 0 Å². The summed E-state index contributed by atoms with van der Waals surface area (Å²) in [6.45, 7) is 4.55. The molecule has 9 nitrogen and oxygen atoms in total. The Morgan fingerprint density at radius 1 is 1.00 bits per heavy atom. The molecule has 0 bridgehead atoms. The Morgan fingerprint density at radius 2 is 1.72 bits per heavy atom. The van der Waals surface area contributed by atoms with Gasteiger partial charge in [0.05, 0.1) is 35.7 Å². The van der Waals surface area contributed by atoms with Gasteiger partial charge in [-0.25, -0.2) is 0 Å². The van der Waals surface area contributed by atoms with Crippen LogP contribution in [0.2, 0.25) is 0 Å². The molecule has 0 aliphatic heterocycles. The summed E-state index contributed by atoms with van der Waals surface area (Å²) < 4.78 is 12.9. The van der Waals surface area contributed by atoms with E-state index in [1.165, 1.54) is 12.1 Å². The molecule has 0 aliphatic rings. The number of hydrogen-bond donors (Lipinski definition) is 1. The molecule has 184 valence electrons. The Hall–Kier alpha value is -4.66. The Bertz CT molecular complexity index is 1400. The van der Waals surface area contributed by atoms with Crippen molar-refractivity contribution in [3.05, 3.63) is 111 Å². The van der Waals surface area contributed by atoms with E-state index >= 15 is 0 Å². The van der Waals surface area contributed by atoms with Crippen molar-refractivity contribution in [2.75, 3.05) is 12.4 Å². The maximum Gasteiger partial charge on any atom is 0.269 e. The molecule has 1 aromatic heterocycles. The van der Waals surface area contributed by atoms with E-state index in [0.717, 1.165) is 28.3 Å². The van der Waals surface area contributed by atoms with Gasteiger partial charge in [0, 0.05) is 17.7 Å². The smallest absolute Gasteiger partial charge is 0.269 e. The number of rotatable bonds is 9. The van der Waals surface area contributed by atoms with Crippen molar-refractivity contribution in [2.45, 2.75) is 27.0 Å². The van der Waals surface area contributed by atoms with Crippen LogP contribution in [0, 0.1) is 24.0 Å². The maximum atomic E-state index is 13.0. The lowest BCUT2D eigenvalue weighted by atomic mass is 10.1. The van der Waals surface area contributed by atoms with Crippen LogP contribution in [0.5, 0.6) is 11.5 Å². The number of methoxy groups -OCH3 is 1. The number of anilines is 1. The number of nitrogens with one attached hydrogen (secondary N) is 1. The van der Waals surface area contributed by atoms with E-state index in [0.29, 0.717) is 23.5 Å². The van der Waals surface area contributed by atoms with Crippen molar-refractivity contribution in [3.63, 3.8) is 0 Å². The van der Waals surface area contributed by atoms with Crippen molar-refractivity contribution in [3.8, 4) is 11.5 Å². The number of amides is 1. The summed E-state index contributed by atoms with van der Waals surface area (Å²) in [7, 11) is 1.63. The fourth-order valence-corrected chi connectivity index (χ4v) is 3.79. The van der Waals surface area contributed by atoms with Crippen LogP contribution in [-0.4, -0.2) is 27.7 Å². The number of benzene rings is 3. The summed E-state index contributed by atoms with van der Waals surface area (Å²) in [6, 6.07) is 20.8. The minimum absolute atomic E-state index is 0.00146. The fraction of sp³-hybridized carbons (Fsp3) is 0.185. The molecule has 4 rings (SSSR count). The molecule has 1 amide bonds. The van der Waals surface area contributed by atoms with E-state index < -0.39 is 4.92 Å². The van der Waals surface area contributed by atoms with Gasteiger partial charge in [-0.2, -0.15) is 5.10 Å². The minimum atomic E-state index is -0.460. The number of carbonyl (C=O) groups excluding carboxylic acids is 1. The first-order chi connectivity index (χ1) is 17.3. The number of aromatic nitrogens is 2. The second-order valence-electron chi connectivity index (χ2n) is 8.25. The summed E-state index contributed by atoms with van der Waals surface area (Å²) in [5.74, 6) is 1.03. The molecule has 0 saturated heterocycles. The van der Waals surface area contributed by atoms with Crippen molar-refractivity contribution in [1.82, 2.24) is 9.78 Å². The lowest BCUT2D eigenvalue weighted by molar-refractivity contribution is -0.384. The van der Waals surface area contributed by atoms with Gasteiger partial charge in [-0.1, -0.05) is 24.3 Å². The molecule has 0 aliphatic carbocycles. The van der Waals surface area contributed by atoms with Crippen molar-refractivity contribution >= 4 is 17.3 Å². The number of nitrogens with zero attached hydrogens (tertiary/aromatic N) is 3. The second-order valence-corrected chi connectivity index (χ2v) is 8.25. The van der Waals surface area contributed by atoms with Crippen LogP contribution in [0.1, 0.15) is 32.9 Å². The van der Waals surface area contributed by atoms with Crippen molar-refractivity contribution < 1.29 is 19.2 Å². The Balaban J connectivity index is 1.43. The third kappa shape index (κ3) is 5.69. The maximum absolute atomic E-state index is 13.0. The minimum Gasteiger partial charge on any atom is -0.497 e.